The van der Waals surface area contributed by atoms with E-state index in [-0.39, 0.29) is 6.61 Å². The van der Waals surface area contributed by atoms with Gasteiger partial charge in [0.25, 0.3) is 0 Å². The molecule has 0 fully saturated rings. The Kier molecular flexibility index (Phi) is 1.51. The van der Waals surface area contributed by atoms with Crippen molar-refractivity contribution in [2.45, 2.75) is 6.61 Å². The molecule has 2 rings (SSSR count). The fraction of sp³-hybridized carbons (Fsp3) is 0.125. The molecule has 0 spiro atoms. The van der Waals surface area contributed by atoms with E-state index in [0.717, 1.165) is 16.5 Å². The van der Waals surface area contributed by atoms with Crippen LogP contribution in [-0.4, -0.2) is 12.2 Å². The molecule has 1 heterocycles. The van der Waals surface area contributed by atoms with Gasteiger partial charge in [0.15, 0.2) is 0 Å². The normalized spacial score (nSPS) is 10.3. The minimum absolute atomic E-state index is 0.0661. The molecule has 54 valence electrons. The zero-order valence-electron chi connectivity index (χ0n) is 5.95. The van der Waals surface area contributed by atoms with Crippen molar-refractivity contribution < 1.29 is 9.44 Å². The number of hydrogen-bond donors (Lipinski definition) is 1. The van der Waals surface area contributed by atoms with Crippen LogP contribution in [0.15, 0.2) is 28.5 Å². The van der Waals surface area contributed by atoms with Gasteiger partial charge in [0, 0.05) is 0 Å². The predicted octanol–water partition coefficient (Wildman–Crippen LogP) is 1.26. The van der Waals surface area contributed by atoms with Crippen LogP contribution in [0.5, 0.6) is 0 Å². The Labute approximate surface area is 64.7 Å². The second-order valence-corrected chi connectivity index (χ2v) is 2.45. The van der Waals surface area contributed by atoms with Crippen molar-refractivity contribution in [3.05, 3.63) is 29.7 Å². The summed E-state index contributed by atoms with van der Waals surface area (Å²) in [6.07, 6.45) is 0. The SMILES string of the molecule is OCc1ccc2cboc2c1. The Morgan fingerprint density at radius 1 is 1.45 bits per heavy atom. The van der Waals surface area contributed by atoms with Gasteiger partial charge >= 0.3 is 63.9 Å². The molecule has 11 heavy (non-hydrogen) atoms. The zero-order chi connectivity index (χ0) is 7.68. The minimum atomic E-state index is 0.0661. The molecule has 3 heteroatoms. The first-order valence-electron chi connectivity index (χ1n) is 3.47. The van der Waals surface area contributed by atoms with Crippen molar-refractivity contribution >= 4 is 18.1 Å². The zero-order valence-corrected chi connectivity index (χ0v) is 5.95. The van der Waals surface area contributed by atoms with Crippen LogP contribution in [0.4, 0.5) is 0 Å². The molecule has 0 aliphatic heterocycles. The molecule has 2 nitrogen and oxygen atoms in total. The molecule has 0 aliphatic rings. The van der Waals surface area contributed by atoms with E-state index in [4.69, 9.17) is 9.44 Å². The van der Waals surface area contributed by atoms with Crippen LogP contribution in [0.3, 0.4) is 0 Å². The molecule has 0 bridgehead atoms. The van der Waals surface area contributed by atoms with Crippen LogP contribution >= 0.6 is 0 Å². The molecule has 0 unspecified atom stereocenters. The molecule has 1 N–H and O–H groups in total. The molecule has 0 amide bonds. The second-order valence-electron chi connectivity index (χ2n) is 2.45. The van der Waals surface area contributed by atoms with E-state index in [1.54, 1.807) is 7.13 Å². The van der Waals surface area contributed by atoms with Gasteiger partial charge in [0.1, 0.15) is 0 Å². The quantitative estimate of drug-likeness (QED) is 0.656. The number of hydrogen-bond acceptors (Lipinski definition) is 2. The average molecular weight is 146 g/mol. The summed E-state index contributed by atoms with van der Waals surface area (Å²) in [6, 6.07) is 5.66. The van der Waals surface area contributed by atoms with Gasteiger partial charge < -0.3 is 0 Å². The predicted molar refractivity (Wildman–Crippen MR) is 43.5 cm³/mol. The fourth-order valence-corrected chi connectivity index (χ4v) is 1.10. The molecule has 0 saturated heterocycles. The first-order chi connectivity index (χ1) is 5.40. The van der Waals surface area contributed by atoms with Gasteiger partial charge in [-0.2, -0.15) is 0 Å². The summed E-state index contributed by atoms with van der Waals surface area (Å²) < 4.78 is 5.15. The molecule has 0 atom stereocenters. The van der Waals surface area contributed by atoms with Crippen molar-refractivity contribution in [3.8, 4) is 0 Å². The maximum atomic E-state index is 8.79. The van der Waals surface area contributed by atoms with E-state index in [2.05, 4.69) is 0 Å². The number of fused-ring (bicyclic) bond motifs is 1. The van der Waals surface area contributed by atoms with Crippen LogP contribution in [0.1, 0.15) is 5.56 Å². The van der Waals surface area contributed by atoms with Crippen molar-refractivity contribution in [2.24, 2.45) is 0 Å². The van der Waals surface area contributed by atoms with Gasteiger partial charge in [-0.3, -0.25) is 0 Å². The van der Waals surface area contributed by atoms with Gasteiger partial charge in [-0.25, -0.2) is 0 Å². The third-order valence-corrected chi connectivity index (χ3v) is 1.70. The van der Waals surface area contributed by atoms with E-state index in [1.807, 2.05) is 24.2 Å². The van der Waals surface area contributed by atoms with Crippen molar-refractivity contribution in [2.75, 3.05) is 0 Å². The number of rotatable bonds is 1. The van der Waals surface area contributed by atoms with Gasteiger partial charge in [0.05, 0.1) is 0 Å². The maximum absolute atomic E-state index is 8.79. The van der Waals surface area contributed by atoms with Gasteiger partial charge in [-0.05, 0) is 0 Å². The number of aliphatic hydroxyl groups is 1. The molecule has 2 aromatic rings. The Morgan fingerprint density at radius 3 is 3.18 bits per heavy atom. The molecular formula is C8H7BO2. The Bertz CT molecular complexity index is 367. The van der Waals surface area contributed by atoms with Crippen molar-refractivity contribution in [3.63, 3.8) is 0 Å². The summed E-state index contributed by atoms with van der Waals surface area (Å²) in [7, 11) is 1.64. The van der Waals surface area contributed by atoms with E-state index in [0.29, 0.717) is 0 Å². The standard InChI is InChI=1S/C8H7BO2/c10-5-6-1-2-7-4-9-11-8(7)3-6/h1-4,10H,5H2. The molecule has 1 aromatic carbocycles. The van der Waals surface area contributed by atoms with Crippen LogP contribution in [0.25, 0.3) is 11.0 Å². The first-order valence-corrected chi connectivity index (χ1v) is 3.47. The Morgan fingerprint density at radius 2 is 2.36 bits per heavy atom. The summed E-state index contributed by atoms with van der Waals surface area (Å²) in [5, 5.41) is 9.86. The summed E-state index contributed by atoms with van der Waals surface area (Å²) in [6.45, 7) is 0.0661. The van der Waals surface area contributed by atoms with Crippen molar-refractivity contribution in [1.82, 2.24) is 0 Å². The summed E-state index contributed by atoms with van der Waals surface area (Å²) in [5.41, 5.74) is 1.71. The monoisotopic (exact) mass is 146 g/mol. The van der Waals surface area contributed by atoms with E-state index in [9.17, 15) is 0 Å². The Hall–Kier alpha value is -1.09. The van der Waals surface area contributed by atoms with E-state index >= 15 is 0 Å². The third-order valence-electron chi connectivity index (χ3n) is 1.70. The molecule has 0 radical (unpaired) electrons. The third kappa shape index (κ3) is 1.07. The summed E-state index contributed by atoms with van der Waals surface area (Å²) >= 11 is 0. The molecule has 0 aliphatic carbocycles. The van der Waals surface area contributed by atoms with Gasteiger partial charge in [-0.1, -0.05) is 0 Å². The molecular weight excluding hydrogens is 139 g/mol. The molecule has 0 saturated carbocycles. The van der Waals surface area contributed by atoms with Crippen LogP contribution in [0.2, 0.25) is 0 Å². The Balaban J connectivity index is 2.67. The van der Waals surface area contributed by atoms with Gasteiger partial charge in [-0.15, -0.1) is 0 Å². The molecule has 1 aromatic heterocycles. The number of aliphatic hydroxyl groups excluding tert-OH is 1. The first kappa shape index (κ1) is 6.61. The van der Waals surface area contributed by atoms with Crippen LogP contribution in [-0.2, 0) is 6.61 Å². The van der Waals surface area contributed by atoms with Gasteiger partial charge in [0.2, 0.25) is 0 Å². The summed E-state index contributed by atoms with van der Waals surface area (Å²) in [4.78, 5) is 0. The summed E-state index contributed by atoms with van der Waals surface area (Å²) in [5.74, 6) is 1.90. The second kappa shape index (κ2) is 2.51. The average Bonchev–Trinajstić information content (AvgIpc) is 2.50. The van der Waals surface area contributed by atoms with E-state index < -0.39 is 0 Å². The van der Waals surface area contributed by atoms with Crippen LogP contribution < -0.4 is 0 Å². The van der Waals surface area contributed by atoms with Crippen molar-refractivity contribution in [1.29, 1.82) is 0 Å². The topological polar surface area (TPSA) is 33.4 Å². The number of benzene rings is 1. The van der Waals surface area contributed by atoms with E-state index in [1.165, 1.54) is 0 Å². The fourth-order valence-electron chi connectivity index (χ4n) is 1.10. The van der Waals surface area contributed by atoms with Crippen LogP contribution in [0, 0.1) is 0 Å².